The summed E-state index contributed by atoms with van der Waals surface area (Å²) in [5, 5.41) is 13.6. The maximum atomic E-state index is 12.3. The Balaban J connectivity index is 2.10. The topological polar surface area (TPSA) is 102 Å². The Hall–Kier alpha value is -3.42. The SMILES string of the molecule is CC(Oc1ccccc1[N+](=O)[O-])C(=O)Nc1cccc(C(=O)N(C)C)c1. The Morgan fingerprint density at radius 2 is 1.85 bits per heavy atom. The van der Waals surface area contributed by atoms with Crippen LogP contribution in [-0.2, 0) is 4.79 Å². The second kappa shape index (κ2) is 8.11. The van der Waals surface area contributed by atoms with Crippen LogP contribution in [0, 0.1) is 10.1 Å². The summed E-state index contributed by atoms with van der Waals surface area (Å²) in [6.07, 6.45) is -0.968. The van der Waals surface area contributed by atoms with E-state index < -0.39 is 16.9 Å². The van der Waals surface area contributed by atoms with Crippen molar-refractivity contribution in [3.05, 3.63) is 64.2 Å². The molecule has 0 spiro atoms. The van der Waals surface area contributed by atoms with E-state index in [-0.39, 0.29) is 17.3 Å². The maximum Gasteiger partial charge on any atom is 0.310 e. The third-order valence-electron chi connectivity index (χ3n) is 3.52. The fraction of sp³-hybridized carbons (Fsp3) is 0.222. The Morgan fingerprint density at radius 3 is 2.50 bits per heavy atom. The zero-order valence-electron chi connectivity index (χ0n) is 14.6. The molecule has 2 rings (SSSR count). The van der Waals surface area contributed by atoms with E-state index in [0.717, 1.165) is 0 Å². The van der Waals surface area contributed by atoms with Crippen molar-refractivity contribution < 1.29 is 19.2 Å². The third kappa shape index (κ3) is 4.56. The normalized spacial score (nSPS) is 11.3. The minimum absolute atomic E-state index is 0.0108. The first-order chi connectivity index (χ1) is 12.3. The standard InChI is InChI=1S/C18H19N3O5/c1-12(26-16-10-5-4-9-15(16)21(24)25)17(22)19-14-8-6-7-13(11-14)18(23)20(2)3/h4-12H,1-3H3,(H,19,22). The van der Waals surface area contributed by atoms with E-state index in [4.69, 9.17) is 4.74 Å². The highest BCUT2D eigenvalue weighted by Gasteiger charge is 2.21. The monoisotopic (exact) mass is 357 g/mol. The molecule has 8 nitrogen and oxygen atoms in total. The van der Waals surface area contributed by atoms with Crippen molar-refractivity contribution in [3.8, 4) is 5.75 Å². The number of benzene rings is 2. The molecule has 0 aliphatic heterocycles. The third-order valence-corrected chi connectivity index (χ3v) is 3.52. The van der Waals surface area contributed by atoms with Crippen LogP contribution in [0.15, 0.2) is 48.5 Å². The van der Waals surface area contributed by atoms with Crippen LogP contribution < -0.4 is 10.1 Å². The van der Waals surface area contributed by atoms with Crippen molar-refractivity contribution in [2.45, 2.75) is 13.0 Å². The Bertz CT molecular complexity index is 835. The molecule has 2 amide bonds. The Kier molecular flexibility index (Phi) is 5.90. The molecule has 0 aliphatic carbocycles. The van der Waals surface area contributed by atoms with Crippen LogP contribution in [0.25, 0.3) is 0 Å². The molecule has 0 heterocycles. The van der Waals surface area contributed by atoms with Gasteiger partial charge in [-0.3, -0.25) is 19.7 Å². The van der Waals surface area contributed by atoms with Crippen LogP contribution in [0.3, 0.4) is 0 Å². The quantitative estimate of drug-likeness (QED) is 0.632. The first-order valence-electron chi connectivity index (χ1n) is 7.82. The molecule has 1 N–H and O–H groups in total. The highest BCUT2D eigenvalue weighted by Crippen LogP contribution is 2.27. The zero-order valence-corrected chi connectivity index (χ0v) is 14.6. The molecule has 0 radical (unpaired) electrons. The van der Waals surface area contributed by atoms with Gasteiger partial charge in [0.2, 0.25) is 0 Å². The van der Waals surface area contributed by atoms with Crippen molar-refractivity contribution in [3.63, 3.8) is 0 Å². The molecule has 0 bridgehead atoms. The molecule has 0 fully saturated rings. The number of amides is 2. The molecule has 2 aromatic rings. The van der Waals surface area contributed by atoms with Crippen LogP contribution in [-0.4, -0.2) is 41.8 Å². The number of carbonyl (C=O) groups is 2. The predicted molar refractivity (Wildman–Crippen MR) is 96.3 cm³/mol. The van der Waals surface area contributed by atoms with Crippen LogP contribution in [0.1, 0.15) is 17.3 Å². The molecule has 0 saturated heterocycles. The van der Waals surface area contributed by atoms with E-state index in [1.54, 1.807) is 44.4 Å². The van der Waals surface area contributed by atoms with Crippen LogP contribution in [0.5, 0.6) is 5.75 Å². The van der Waals surface area contributed by atoms with E-state index in [0.29, 0.717) is 11.3 Å². The summed E-state index contributed by atoms with van der Waals surface area (Å²) in [7, 11) is 3.27. The van der Waals surface area contributed by atoms with Crippen molar-refractivity contribution in [1.82, 2.24) is 4.90 Å². The van der Waals surface area contributed by atoms with Crippen LogP contribution in [0.4, 0.5) is 11.4 Å². The summed E-state index contributed by atoms with van der Waals surface area (Å²) in [6, 6.07) is 12.3. The van der Waals surface area contributed by atoms with Crippen molar-refractivity contribution in [1.29, 1.82) is 0 Å². The van der Waals surface area contributed by atoms with Gasteiger partial charge in [-0.1, -0.05) is 18.2 Å². The highest BCUT2D eigenvalue weighted by molar-refractivity contribution is 5.98. The smallest absolute Gasteiger partial charge is 0.310 e. The number of rotatable bonds is 6. The van der Waals surface area contributed by atoms with Gasteiger partial charge in [-0.25, -0.2) is 0 Å². The lowest BCUT2D eigenvalue weighted by atomic mass is 10.1. The average Bonchev–Trinajstić information content (AvgIpc) is 2.61. The van der Waals surface area contributed by atoms with Gasteiger partial charge in [0.1, 0.15) is 0 Å². The number of para-hydroxylation sites is 2. The summed E-state index contributed by atoms with van der Waals surface area (Å²) >= 11 is 0. The summed E-state index contributed by atoms with van der Waals surface area (Å²) in [6.45, 7) is 1.49. The van der Waals surface area contributed by atoms with Gasteiger partial charge in [0.25, 0.3) is 11.8 Å². The second-order valence-electron chi connectivity index (χ2n) is 5.75. The predicted octanol–water partition coefficient (Wildman–Crippen LogP) is 2.70. The summed E-state index contributed by atoms with van der Waals surface area (Å²) in [5.74, 6) is -0.667. The van der Waals surface area contributed by atoms with Gasteiger partial charge in [-0.05, 0) is 31.2 Å². The number of carbonyl (C=O) groups excluding carboxylic acids is 2. The maximum absolute atomic E-state index is 12.3. The molecule has 2 aromatic carbocycles. The lowest BCUT2D eigenvalue weighted by Crippen LogP contribution is -2.30. The molecular formula is C18H19N3O5. The van der Waals surface area contributed by atoms with Crippen LogP contribution in [0.2, 0.25) is 0 Å². The van der Waals surface area contributed by atoms with E-state index in [1.165, 1.54) is 30.0 Å². The fourth-order valence-electron chi connectivity index (χ4n) is 2.18. The first kappa shape index (κ1) is 18.9. The summed E-state index contributed by atoms with van der Waals surface area (Å²) < 4.78 is 5.43. The largest absolute Gasteiger partial charge is 0.474 e. The fourth-order valence-corrected chi connectivity index (χ4v) is 2.18. The first-order valence-corrected chi connectivity index (χ1v) is 7.82. The second-order valence-corrected chi connectivity index (χ2v) is 5.75. The molecule has 136 valence electrons. The molecule has 0 aromatic heterocycles. The molecule has 26 heavy (non-hydrogen) atoms. The van der Waals surface area contributed by atoms with Gasteiger partial charge in [-0.15, -0.1) is 0 Å². The lowest BCUT2D eigenvalue weighted by Gasteiger charge is -2.15. The number of ether oxygens (including phenoxy) is 1. The van der Waals surface area contributed by atoms with E-state index in [1.807, 2.05) is 0 Å². The Labute approximate surface area is 150 Å². The number of anilines is 1. The molecule has 0 aliphatic rings. The number of hydrogen-bond acceptors (Lipinski definition) is 5. The number of nitrogens with zero attached hydrogens (tertiary/aromatic N) is 2. The highest BCUT2D eigenvalue weighted by atomic mass is 16.6. The molecule has 1 unspecified atom stereocenters. The number of nitro groups is 1. The van der Waals surface area contributed by atoms with Gasteiger partial charge in [0, 0.05) is 31.4 Å². The van der Waals surface area contributed by atoms with E-state index in [9.17, 15) is 19.7 Å². The minimum Gasteiger partial charge on any atom is -0.474 e. The van der Waals surface area contributed by atoms with E-state index in [2.05, 4.69) is 5.32 Å². The lowest BCUT2D eigenvalue weighted by molar-refractivity contribution is -0.386. The molecule has 8 heteroatoms. The van der Waals surface area contributed by atoms with E-state index >= 15 is 0 Å². The number of hydrogen-bond donors (Lipinski definition) is 1. The Morgan fingerprint density at radius 1 is 1.15 bits per heavy atom. The zero-order chi connectivity index (χ0) is 19.3. The number of nitrogens with one attached hydrogen (secondary N) is 1. The summed E-state index contributed by atoms with van der Waals surface area (Å²) in [5.41, 5.74) is 0.645. The minimum atomic E-state index is -0.968. The van der Waals surface area contributed by atoms with Crippen molar-refractivity contribution in [2.75, 3.05) is 19.4 Å². The average molecular weight is 357 g/mol. The van der Waals surface area contributed by atoms with Gasteiger partial charge in [0.05, 0.1) is 4.92 Å². The number of nitro benzene ring substituents is 1. The molecule has 0 saturated carbocycles. The molecule has 1 atom stereocenters. The van der Waals surface area contributed by atoms with Crippen molar-refractivity contribution in [2.24, 2.45) is 0 Å². The van der Waals surface area contributed by atoms with Gasteiger partial charge < -0.3 is 15.0 Å². The van der Waals surface area contributed by atoms with Gasteiger partial charge in [-0.2, -0.15) is 0 Å². The van der Waals surface area contributed by atoms with Crippen LogP contribution >= 0.6 is 0 Å². The summed E-state index contributed by atoms with van der Waals surface area (Å²) in [4.78, 5) is 36.2. The van der Waals surface area contributed by atoms with Gasteiger partial charge >= 0.3 is 5.69 Å². The van der Waals surface area contributed by atoms with Gasteiger partial charge in [0.15, 0.2) is 11.9 Å². The van der Waals surface area contributed by atoms with Crippen molar-refractivity contribution >= 4 is 23.2 Å². The molecular weight excluding hydrogens is 338 g/mol.